The number of carbonyl (C=O) groups is 1. The fourth-order valence-electron chi connectivity index (χ4n) is 1.71. The van der Waals surface area contributed by atoms with E-state index in [1.807, 2.05) is 23.9 Å². The molecule has 21 heavy (non-hydrogen) atoms. The van der Waals surface area contributed by atoms with E-state index in [0.717, 1.165) is 11.5 Å². The van der Waals surface area contributed by atoms with E-state index in [2.05, 4.69) is 11.9 Å². The van der Waals surface area contributed by atoms with Gasteiger partial charge in [0.1, 0.15) is 11.8 Å². The van der Waals surface area contributed by atoms with Crippen LogP contribution in [0.1, 0.15) is 28.4 Å². The second-order valence-corrected chi connectivity index (χ2v) is 6.00. The van der Waals surface area contributed by atoms with Crippen LogP contribution in [0.4, 0.5) is 0 Å². The molecule has 0 saturated heterocycles. The third-order valence-corrected chi connectivity index (χ3v) is 4.14. The van der Waals surface area contributed by atoms with Crippen molar-refractivity contribution in [3.05, 3.63) is 64.4 Å². The molecule has 5 heteroatoms. The second-order valence-electron chi connectivity index (χ2n) is 4.36. The molecule has 0 bridgehead atoms. The maximum absolute atomic E-state index is 12.0. The topological polar surface area (TPSA) is 39.2 Å². The normalized spacial score (nSPS) is 10.4. The van der Waals surface area contributed by atoms with Crippen molar-refractivity contribution < 1.29 is 9.53 Å². The molecule has 0 spiro atoms. The van der Waals surface area contributed by atoms with Crippen LogP contribution in [0.25, 0.3) is 0 Å². The molecule has 0 aliphatic carbocycles. The van der Waals surface area contributed by atoms with Crippen molar-refractivity contribution in [3.63, 3.8) is 0 Å². The largest absolute Gasteiger partial charge is 0.457 e. The van der Waals surface area contributed by atoms with E-state index >= 15 is 0 Å². The van der Waals surface area contributed by atoms with Crippen LogP contribution in [0.3, 0.4) is 0 Å². The molecule has 1 aromatic carbocycles. The minimum Gasteiger partial charge on any atom is -0.457 e. The van der Waals surface area contributed by atoms with Crippen LogP contribution in [0, 0.1) is 0 Å². The van der Waals surface area contributed by atoms with Crippen LogP contribution in [0.15, 0.2) is 42.6 Å². The molecule has 0 saturated carbocycles. The average Bonchev–Trinajstić information content (AvgIpc) is 2.52. The zero-order chi connectivity index (χ0) is 15.1. The van der Waals surface area contributed by atoms with Gasteiger partial charge in [0.25, 0.3) is 0 Å². The lowest BCUT2D eigenvalue weighted by Crippen LogP contribution is -2.05. The van der Waals surface area contributed by atoms with Crippen LogP contribution in [0.5, 0.6) is 0 Å². The van der Waals surface area contributed by atoms with Gasteiger partial charge in [-0.15, -0.1) is 0 Å². The highest BCUT2D eigenvalue weighted by Gasteiger charge is 2.09. The molecule has 0 amide bonds. The summed E-state index contributed by atoms with van der Waals surface area (Å²) in [7, 11) is 0. The first-order valence-corrected chi connectivity index (χ1v) is 8.17. The Hall–Kier alpha value is -1.52. The van der Waals surface area contributed by atoms with E-state index in [-0.39, 0.29) is 12.6 Å². The van der Waals surface area contributed by atoms with Crippen molar-refractivity contribution in [2.75, 3.05) is 5.75 Å². The van der Waals surface area contributed by atoms with Gasteiger partial charge in [-0.05, 0) is 29.5 Å². The molecule has 1 aromatic heterocycles. The van der Waals surface area contributed by atoms with Gasteiger partial charge in [-0.1, -0.05) is 36.7 Å². The summed E-state index contributed by atoms with van der Waals surface area (Å²) in [6.07, 6.45) is 1.60. The fourth-order valence-corrected chi connectivity index (χ4v) is 2.52. The van der Waals surface area contributed by atoms with Crippen LogP contribution in [-0.2, 0) is 17.1 Å². The molecular formula is C16H16ClNO2S. The summed E-state index contributed by atoms with van der Waals surface area (Å²) in [5.74, 6) is 1.68. The monoisotopic (exact) mass is 321 g/mol. The van der Waals surface area contributed by atoms with Crippen LogP contribution < -0.4 is 0 Å². The first kappa shape index (κ1) is 15.9. The number of ether oxygens (including phenoxy) is 1. The summed E-state index contributed by atoms with van der Waals surface area (Å²) in [5.41, 5.74) is 2.44. The van der Waals surface area contributed by atoms with Crippen molar-refractivity contribution in [1.82, 2.24) is 4.98 Å². The van der Waals surface area contributed by atoms with Crippen molar-refractivity contribution in [2.24, 2.45) is 0 Å². The summed E-state index contributed by atoms with van der Waals surface area (Å²) in [6, 6.07) is 11.0. The molecule has 2 aromatic rings. The zero-order valence-electron chi connectivity index (χ0n) is 11.7. The molecule has 1 heterocycles. The van der Waals surface area contributed by atoms with Crippen molar-refractivity contribution >= 4 is 29.3 Å². The van der Waals surface area contributed by atoms with E-state index in [9.17, 15) is 4.79 Å². The Morgan fingerprint density at radius 1 is 1.29 bits per heavy atom. The Balaban J connectivity index is 1.93. The Bertz CT molecular complexity index is 601. The zero-order valence-corrected chi connectivity index (χ0v) is 13.3. The molecule has 0 radical (unpaired) electrons. The molecule has 0 N–H and O–H groups in total. The SMILES string of the molecule is CCSCc1ccc(C(=O)OCc2cccnc2Cl)cc1. The number of nitrogens with zero attached hydrogens (tertiary/aromatic N) is 1. The number of halogens is 1. The first-order chi connectivity index (χ1) is 10.2. The number of esters is 1. The van der Waals surface area contributed by atoms with Crippen LogP contribution in [0.2, 0.25) is 5.15 Å². The van der Waals surface area contributed by atoms with Crippen LogP contribution in [-0.4, -0.2) is 16.7 Å². The Labute approximate surface area is 133 Å². The third-order valence-electron chi connectivity index (χ3n) is 2.86. The van der Waals surface area contributed by atoms with Gasteiger partial charge < -0.3 is 4.74 Å². The number of thioether (sulfide) groups is 1. The standard InChI is InChI=1S/C16H16ClNO2S/c1-2-21-11-12-5-7-13(8-6-12)16(19)20-10-14-4-3-9-18-15(14)17/h3-9H,2,10-11H2,1H3. The molecule has 0 aliphatic rings. The highest BCUT2D eigenvalue weighted by atomic mass is 35.5. The summed E-state index contributed by atoms with van der Waals surface area (Å²) in [4.78, 5) is 15.9. The Morgan fingerprint density at radius 2 is 2.05 bits per heavy atom. The number of hydrogen-bond donors (Lipinski definition) is 0. The number of rotatable bonds is 6. The minimum atomic E-state index is -0.357. The third kappa shape index (κ3) is 4.76. The lowest BCUT2D eigenvalue weighted by Gasteiger charge is -2.06. The van der Waals surface area contributed by atoms with E-state index < -0.39 is 0 Å². The van der Waals surface area contributed by atoms with E-state index in [1.54, 1.807) is 30.5 Å². The molecule has 0 atom stereocenters. The van der Waals surface area contributed by atoms with Gasteiger partial charge in [-0.25, -0.2) is 9.78 Å². The summed E-state index contributed by atoms with van der Waals surface area (Å²) in [6.45, 7) is 2.25. The fraction of sp³-hybridized carbons (Fsp3) is 0.250. The maximum Gasteiger partial charge on any atom is 0.338 e. The van der Waals surface area contributed by atoms with Gasteiger partial charge >= 0.3 is 5.97 Å². The second kappa shape index (κ2) is 8.05. The number of benzene rings is 1. The molecule has 110 valence electrons. The van der Waals surface area contributed by atoms with Gasteiger partial charge in [0.15, 0.2) is 0 Å². The summed E-state index contributed by atoms with van der Waals surface area (Å²) >= 11 is 7.77. The number of hydrogen-bond acceptors (Lipinski definition) is 4. The smallest absolute Gasteiger partial charge is 0.338 e. The highest BCUT2D eigenvalue weighted by Crippen LogP contribution is 2.15. The van der Waals surface area contributed by atoms with Gasteiger partial charge in [-0.3, -0.25) is 0 Å². The molecule has 3 nitrogen and oxygen atoms in total. The molecule has 0 unspecified atom stereocenters. The number of pyridine rings is 1. The lowest BCUT2D eigenvalue weighted by atomic mass is 10.1. The van der Waals surface area contributed by atoms with E-state index in [1.165, 1.54) is 5.56 Å². The van der Waals surface area contributed by atoms with Gasteiger partial charge in [0, 0.05) is 17.5 Å². The average molecular weight is 322 g/mol. The quantitative estimate of drug-likeness (QED) is 0.586. The van der Waals surface area contributed by atoms with Gasteiger partial charge in [0.2, 0.25) is 0 Å². The number of carbonyl (C=O) groups excluding carboxylic acids is 1. The molecule has 0 aliphatic heterocycles. The molecular weight excluding hydrogens is 306 g/mol. The van der Waals surface area contributed by atoms with E-state index in [4.69, 9.17) is 16.3 Å². The molecule has 0 fully saturated rings. The van der Waals surface area contributed by atoms with Gasteiger partial charge in [0.05, 0.1) is 5.56 Å². The predicted molar refractivity (Wildman–Crippen MR) is 86.6 cm³/mol. The van der Waals surface area contributed by atoms with E-state index in [0.29, 0.717) is 16.3 Å². The molecule has 2 rings (SSSR count). The van der Waals surface area contributed by atoms with Crippen molar-refractivity contribution in [3.8, 4) is 0 Å². The highest BCUT2D eigenvalue weighted by molar-refractivity contribution is 7.98. The van der Waals surface area contributed by atoms with Crippen molar-refractivity contribution in [1.29, 1.82) is 0 Å². The summed E-state index contributed by atoms with van der Waals surface area (Å²) in [5, 5.41) is 0.359. The maximum atomic E-state index is 12.0. The number of aromatic nitrogens is 1. The summed E-state index contributed by atoms with van der Waals surface area (Å²) < 4.78 is 5.25. The van der Waals surface area contributed by atoms with Crippen molar-refractivity contribution in [2.45, 2.75) is 19.3 Å². The predicted octanol–water partition coefficient (Wildman–Crippen LogP) is 4.35. The first-order valence-electron chi connectivity index (χ1n) is 6.64. The minimum absolute atomic E-state index is 0.124. The van der Waals surface area contributed by atoms with Crippen LogP contribution >= 0.6 is 23.4 Å². The lowest BCUT2D eigenvalue weighted by molar-refractivity contribution is 0.0472. The van der Waals surface area contributed by atoms with Gasteiger partial charge in [-0.2, -0.15) is 11.8 Å². The Morgan fingerprint density at radius 3 is 2.71 bits per heavy atom. The Kier molecular flexibility index (Phi) is 6.08.